The molecule has 9 heteroatoms. The van der Waals surface area contributed by atoms with Crippen LogP contribution < -0.4 is 4.72 Å². The lowest BCUT2D eigenvalue weighted by Crippen LogP contribution is -2.25. The van der Waals surface area contributed by atoms with E-state index in [2.05, 4.69) is 9.82 Å². The number of nitrogens with one attached hydrogen (secondary N) is 1. The monoisotopic (exact) mass is 343 g/mol. The summed E-state index contributed by atoms with van der Waals surface area (Å²) in [5.74, 6) is -0.988. The molecule has 0 amide bonds. The number of aromatic nitrogens is 2. The van der Waals surface area contributed by atoms with Crippen molar-refractivity contribution in [2.45, 2.75) is 17.9 Å². The Kier molecular flexibility index (Phi) is 5.17. The third-order valence-electron chi connectivity index (χ3n) is 2.81. The van der Waals surface area contributed by atoms with Gasteiger partial charge in [0.15, 0.2) is 0 Å². The van der Waals surface area contributed by atoms with E-state index in [4.69, 9.17) is 16.7 Å². The van der Waals surface area contributed by atoms with E-state index >= 15 is 0 Å². The van der Waals surface area contributed by atoms with Crippen molar-refractivity contribution in [2.75, 3.05) is 6.54 Å². The van der Waals surface area contributed by atoms with Gasteiger partial charge in [-0.1, -0.05) is 11.6 Å². The molecule has 2 aromatic rings. The minimum atomic E-state index is -3.59. The largest absolute Gasteiger partial charge is 0.480 e. The molecular formula is C13H14ClN3O4S. The number of hydrogen-bond donors (Lipinski definition) is 2. The molecular weight excluding hydrogens is 330 g/mol. The Hall–Kier alpha value is -1.90. The molecule has 0 aliphatic carbocycles. The quantitative estimate of drug-likeness (QED) is 0.785. The van der Waals surface area contributed by atoms with Gasteiger partial charge in [-0.05, 0) is 36.2 Å². The van der Waals surface area contributed by atoms with Crippen LogP contribution in [0.2, 0.25) is 5.02 Å². The zero-order valence-corrected chi connectivity index (χ0v) is 13.0. The van der Waals surface area contributed by atoms with Crippen LogP contribution in [0.25, 0.3) is 0 Å². The molecule has 7 nitrogen and oxygen atoms in total. The molecule has 2 rings (SSSR count). The molecule has 0 saturated carbocycles. The van der Waals surface area contributed by atoms with Crippen LogP contribution in [-0.4, -0.2) is 35.8 Å². The minimum Gasteiger partial charge on any atom is -0.480 e. The highest BCUT2D eigenvalue weighted by Crippen LogP contribution is 2.13. The van der Waals surface area contributed by atoms with Crippen molar-refractivity contribution in [1.82, 2.24) is 14.5 Å². The topological polar surface area (TPSA) is 101 Å². The van der Waals surface area contributed by atoms with Crippen LogP contribution in [0.5, 0.6) is 0 Å². The molecule has 1 aromatic heterocycles. The first kappa shape index (κ1) is 16.5. The number of nitrogens with zero attached hydrogens (tertiary/aromatic N) is 2. The highest BCUT2D eigenvalue weighted by atomic mass is 35.5. The Morgan fingerprint density at radius 2 is 2.00 bits per heavy atom. The maximum Gasteiger partial charge on any atom is 0.325 e. The van der Waals surface area contributed by atoms with Gasteiger partial charge in [-0.3, -0.25) is 9.48 Å². The summed E-state index contributed by atoms with van der Waals surface area (Å²) in [6.45, 7) is -0.0414. The third-order valence-corrected chi connectivity index (χ3v) is 4.54. The van der Waals surface area contributed by atoms with Crippen LogP contribution in [0.1, 0.15) is 5.56 Å². The van der Waals surface area contributed by atoms with E-state index in [1.807, 2.05) is 0 Å². The fraction of sp³-hybridized carbons (Fsp3) is 0.231. The fourth-order valence-corrected chi connectivity index (χ4v) is 2.95. The summed E-state index contributed by atoms with van der Waals surface area (Å²) in [6, 6.07) is 5.86. The van der Waals surface area contributed by atoms with E-state index in [1.165, 1.54) is 35.1 Å². The second-order valence-corrected chi connectivity index (χ2v) is 6.74. The Labute approximate surface area is 132 Å². The smallest absolute Gasteiger partial charge is 0.325 e. The van der Waals surface area contributed by atoms with Gasteiger partial charge in [0.2, 0.25) is 10.0 Å². The summed E-state index contributed by atoms with van der Waals surface area (Å²) < 4.78 is 27.8. The lowest BCUT2D eigenvalue weighted by atomic mass is 10.3. The molecule has 0 aliphatic rings. The molecule has 0 aliphatic heterocycles. The van der Waals surface area contributed by atoms with Gasteiger partial charge in [-0.15, -0.1) is 0 Å². The predicted molar refractivity (Wildman–Crippen MR) is 80.2 cm³/mol. The SMILES string of the molecule is O=C(O)Cn1cc(CCNS(=O)(=O)c2ccc(Cl)cc2)cn1. The van der Waals surface area contributed by atoms with Gasteiger partial charge in [0.25, 0.3) is 0 Å². The van der Waals surface area contributed by atoms with Crippen molar-refractivity contribution in [3.05, 3.63) is 47.2 Å². The highest BCUT2D eigenvalue weighted by Gasteiger charge is 2.13. The van der Waals surface area contributed by atoms with Gasteiger partial charge >= 0.3 is 5.97 Å². The predicted octanol–water partition coefficient (Wildman–Crippen LogP) is 1.14. The van der Waals surface area contributed by atoms with E-state index in [0.717, 1.165) is 5.56 Å². The number of carbonyl (C=O) groups is 1. The Bertz CT molecular complexity index is 756. The molecule has 1 heterocycles. The number of hydrogen-bond acceptors (Lipinski definition) is 4. The molecule has 0 bridgehead atoms. The molecule has 0 unspecified atom stereocenters. The maximum absolute atomic E-state index is 12.0. The first-order chi connectivity index (χ1) is 10.4. The van der Waals surface area contributed by atoms with E-state index in [9.17, 15) is 13.2 Å². The lowest BCUT2D eigenvalue weighted by molar-refractivity contribution is -0.137. The van der Waals surface area contributed by atoms with Crippen molar-refractivity contribution in [3.63, 3.8) is 0 Å². The van der Waals surface area contributed by atoms with Crippen molar-refractivity contribution in [2.24, 2.45) is 0 Å². The molecule has 22 heavy (non-hydrogen) atoms. The molecule has 1 aromatic carbocycles. The van der Waals surface area contributed by atoms with Crippen LogP contribution in [0.4, 0.5) is 0 Å². The van der Waals surface area contributed by atoms with Gasteiger partial charge in [-0.25, -0.2) is 13.1 Å². The number of sulfonamides is 1. The van der Waals surface area contributed by atoms with Gasteiger partial charge in [0.05, 0.1) is 11.1 Å². The number of carboxylic acid groups (broad SMARTS) is 1. The average Bonchev–Trinajstić information content (AvgIpc) is 2.85. The molecule has 0 radical (unpaired) electrons. The first-order valence-corrected chi connectivity index (χ1v) is 8.21. The molecule has 0 atom stereocenters. The summed E-state index contributed by atoms with van der Waals surface area (Å²) >= 11 is 5.72. The summed E-state index contributed by atoms with van der Waals surface area (Å²) in [6.07, 6.45) is 3.50. The van der Waals surface area contributed by atoms with Crippen molar-refractivity contribution in [3.8, 4) is 0 Å². The second-order valence-electron chi connectivity index (χ2n) is 4.54. The number of halogens is 1. The van der Waals surface area contributed by atoms with E-state index in [-0.39, 0.29) is 18.0 Å². The van der Waals surface area contributed by atoms with Crippen LogP contribution in [0.15, 0.2) is 41.6 Å². The van der Waals surface area contributed by atoms with E-state index in [0.29, 0.717) is 11.4 Å². The summed E-state index contributed by atoms with van der Waals surface area (Å²) in [5, 5.41) is 13.0. The number of carboxylic acids is 1. The fourth-order valence-electron chi connectivity index (χ4n) is 1.79. The van der Waals surface area contributed by atoms with Crippen LogP contribution in [-0.2, 0) is 27.8 Å². The lowest BCUT2D eigenvalue weighted by Gasteiger charge is -2.06. The molecule has 0 spiro atoms. The summed E-state index contributed by atoms with van der Waals surface area (Å²) in [5.41, 5.74) is 0.750. The number of benzene rings is 1. The van der Waals surface area contributed by atoms with E-state index < -0.39 is 16.0 Å². The van der Waals surface area contributed by atoms with Crippen LogP contribution in [0.3, 0.4) is 0 Å². The Morgan fingerprint density at radius 1 is 1.32 bits per heavy atom. The molecule has 0 fully saturated rings. The zero-order valence-electron chi connectivity index (χ0n) is 11.4. The Balaban J connectivity index is 1.91. The average molecular weight is 344 g/mol. The van der Waals surface area contributed by atoms with Gasteiger partial charge in [-0.2, -0.15) is 5.10 Å². The summed E-state index contributed by atoms with van der Waals surface area (Å²) in [4.78, 5) is 10.7. The normalized spacial score (nSPS) is 11.5. The standard InChI is InChI=1S/C13H14ClN3O4S/c14-11-1-3-12(4-2-11)22(20,21)16-6-5-10-7-15-17(8-10)9-13(18)19/h1-4,7-8,16H,5-6,9H2,(H,18,19). The minimum absolute atomic E-state index is 0.137. The van der Waals surface area contributed by atoms with Gasteiger partial charge in [0, 0.05) is 17.8 Å². The zero-order chi connectivity index (χ0) is 16.2. The van der Waals surface area contributed by atoms with Crippen LogP contribution in [0, 0.1) is 0 Å². The second kappa shape index (κ2) is 6.91. The van der Waals surface area contributed by atoms with Crippen molar-refractivity contribution < 1.29 is 18.3 Å². The molecule has 118 valence electrons. The first-order valence-electron chi connectivity index (χ1n) is 6.35. The van der Waals surface area contributed by atoms with Gasteiger partial charge in [0.1, 0.15) is 6.54 Å². The third kappa shape index (κ3) is 4.55. The summed E-state index contributed by atoms with van der Waals surface area (Å²) in [7, 11) is -3.59. The van der Waals surface area contributed by atoms with E-state index in [1.54, 1.807) is 6.20 Å². The Morgan fingerprint density at radius 3 is 2.64 bits per heavy atom. The number of rotatable bonds is 7. The highest BCUT2D eigenvalue weighted by molar-refractivity contribution is 7.89. The maximum atomic E-state index is 12.0. The van der Waals surface area contributed by atoms with Gasteiger partial charge < -0.3 is 5.11 Å². The molecule has 0 saturated heterocycles. The number of aliphatic carboxylic acids is 1. The molecule has 2 N–H and O–H groups in total. The van der Waals surface area contributed by atoms with Crippen molar-refractivity contribution in [1.29, 1.82) is 0 Å². The van der Waals surface area contributed by atoms with Crippen LogP contribution >= 0.6 is 11.6 Å². The van der Waals surface area contributed by atoms with Crippen molar-refractivity contribution >= 4 is 27.6 Å².